The van der Waals surface area contributed by atoms with Gasteiger partial charge in [-0.2, -0.15) is 12.2 Å². The molecule has 11 heteroatoms. The Morgan fingerprint density at radius 1 is 1.31 bits per heavy atom. The Balaban J connectivity index is 0.00000235. The number of anilines is 3. The van der Waals surface area contributed by atoms with E-state index in [4.69, 9.17) is 21.5 Å². The molecule has 1 N–H and O–H groups in total. The van der Waals surface area contributed by atoms with Gasteiger partial charge < -0.3 is 42.3 Å². The Morgan fingerprint density at radius 3 is 2.87 bits per heavy atom. The summed E-state index contributed by atoms with van der Waals surface area (Å²) < 4.78 is 12.2. The molecule has 0 aliphatic carbocycles. The molecule has 0 amide bonds. The van der Waals surface area contributed by atoms with Gasteiger partial charge in [0.15, 0.2) is 0 Å². The van der Waals surface area contributed by atoms with Crippen LogP contribution in [0, 0.1) is 39.7 Å². The monoisotopic (exact) mass is 589 g/mol. The van der Waals surface area contributed by atoms with E-state index in [1.807, 2.05) is 31.2 Å². The maximum Gasteiger partial charge on any atom is 1.00 e. The van der Waals surface area contributed by atoms with Crippen molar-refractivity contribution < 1.29 is 52.0 Å². The van der Waals surface area contributed by atoms with E-state index in [0.29, 0.717) is 48.5 Å². The summed E-state index contributed by atoms with van der Waals surface area (Å²) in [7, 11) is 0. The van der Waals surface area contributed by atoms with Crippen molar-refractivity contribution in [1.82, 2.24) is 9.97 Å². The van der Waals surface area contributed by atoms with Gasteiger partial charge in [0.1, 0.15) is 23.6 Å². The molecule has 3 aromatic rings. The van der Waals surface area contributed by atoms with E-state index in [0.717, 1.165) is 59.5 Å². The molecule has 0 saturated carbocycles. The number of carbonyl (C=O) groups is 1. The first-order valence-electron chi connectivity index (χ1n) is 13.9. The number of rotatable bonds is 11. The van der Waals surface area contributed by atoms with E-state index >= 15 is 0 Å². The van der Waals surface area contributed by atoms with Crippen molar-refractivity contribution in [3.63, 3.8) is 0 Å². The van der Waals surface area contributed by atoms with Gasteiger partial charge in [0.25, 0.3) is 0 Å². The van der Waals surface area contributed by atoms with Crippen molar-refractivity contribution in [2.24, 2.45) is 16.8 Å². The Labute approximate surface area is 290 Å². The maximum absolute atomic E-state index is 12.0. The number of ether oxygens (including phenoxy) is 2. The van der Waals surface area contributed by atoms with Crippen molar-refractivity contribution in [2.75, 3.05) is 29.9 Å². The van der Waals surface area contributed by atoms with Gasteiger partial charge in [-0.3, -0.25) is 6.58 Å². The fourth-order valence-corrected chi connectivity index (χ4v) is 5.49. The van der Waals surface area contributed by atoms with Gasteiger partial charge in [0.2, 0.25) is 0 Å². The van der Waals surface area contributed by atoms with Gasteiger partial charge in [0, 0.05) is 41.9 Å². The number of aryl methyl sites for hydroxylation is 1. The summed E-state index contributed by atoms with van der Waals surface area (Å²) >= 11 is 0. The number of aliphatic imine (C=N–C) groups is 1. The smallest absolute Gasteiger partial charge is 0.577 e. The van der Waals surface area contributed by atoms with Crippen LogP contribution in [0.2, 0.25) is 0 Å². The number of carbonyl (C=O) groups excluding carboxylic acids is 1. The molecule has 2 atom stereocenters. The van der Waals surface area contributed by atoms with Crippen LogP contribution in [0.5, 0.6) is 11.5 Å². The van der Waals surface area contributed by atoms with Gasteiger partial charge in [-0.15, -0.1) is 6.08 Å². The Hall–Kier alpha value is -3.73. The zero-order chi connectivity index (χ0) is 29.5. The first-order chi connectivity index (χ1) is 20.5. The number of benzene rings is 2. The predicted octanol–water partition coefficient (Wildman–Crippen LogP) is 0.512. The summed E-state index contributed by atoms with van der Waals surface area (Å²) in [5, 5.41) is 13.0. The Bertz CT molecular complexity index is 1590. The molecular formula is C34H35Li2N6O3-3. The van der Waals surface area contributed by atoms with Crippen molar-refractivity contribution in [2.45, 2.75) is 26.2 Å². The molecule has 45 heavy (non-hydrogen) atoms. The molecule has 2 aromatic carbocycles. The molecule has 2 aliphatic rings. The van der Waals surface area contributed by atoms with Crippen LogP contribution in [0.1, 0.15) is 24.8 Å². The molecule has 0 radical (unpaired) electrons. The number of nitrogens with one attached hydrogen (secondary N) is 1. The first kappa shape index (κ1) is 37.5. The molecule has 3 heterocycles. The second kappa shape index (κ2) is 17.7. The maximum atomic E-state index is 12.0. The van der Waals surface area contributed by atoms with Crippen LogP contribution in [0.3, 0.4) is 0 Å². The van der Waals surface area contributed by atoms with E-state index in [-0.39, 0.29) is 50.9 Å². The van der Waals surface area contributed by atoms with Crippen LogP contribution in [0.15, 0.2) is 71.7 Å². The zero-order valence-corrected chi connectivity index (χ0v) is 26.5. The Kier molecular flexibility index (Phi) is 14.7. The molecule has 2 unspecified atom stereocenters. The molecule has 0 spiro atoms. The minimum Gasteiger partial charge on any atom is -0.577 e. The van der Waals surface area contributed by atoms with Crippen molar-refractivity contribution >= 4 is 46.4 Å². The number of fused-ring (bicyclic) bond motifs is 5. The third-order valence-corrected chi connectivity index (χ3v) is 7.64. The van der Waals surface area contributed by atoms with Crippen LogP contribution >= 0.6 is 0 Å². The Morgan fingerprint density at radius 2 is 2.13 bits per heavy atom. The van der Waals surface area contributed by atoms with Crippen LogP contribution in [-0.4, -0.2) is 48.0 Å². The third kappa shape index (κ3) is 9.16. The van der Waals surface area contributed by atoms with E-state index in [1.54, 1.807) is 18.5 Å². The summed E-state index contributed by atoms with van der Waals surface area (Å²) in [5.41, 5.74) is 3.53. The number of nitrogens with zero attached hydrogens (tertiary/aromatic N) is 5. The standard InChI is InChI=1S/C33H32N6O3.CH3.2Li/c1-4-6-26(40)9-7-23-12-14-39-18-24(23)19-41-32-17-29-28(16-30(32)39)33(37-21-36-29)38-25-8-10-31(22(3)15-25)42-27(5-2)11-13-35-20-34;;;/h2,4-6,8,10-11,15-17,20-21,23-24H,1,7,9,12,14,18-19H2,3H3,(H,36,37,38);1H3;;/q-4;-1;2*+1/b6-4+,27-11+;;;. The fourth-order valence-electron chi connectivity index (χ4n) is 5.49. The average molecular weight is 590 g/mol. The van der Waals surface area contributed by atoms with Crippen molar-refractivity contribution in [3.8, 4) is 11.5 Å². The molecule has 1 fully saturated rings. The molecule has 1 saturated heterocycles. The molecule has 9 nitrogen and oxygen atoms in total. The van der Waals surface area contributed by atoms with Crippen LogP contribution < -0.4 is 57.4 Å². The first-order valence-corrected chi connectivity index (χ1v) is 13.9. The minimum atomic E-state index is 0. The number of hydrogen-bond donors (Lipinski definition) is 1. The van der Waals surface area contributed by atoms with Gasteiger partial charge >= 0.3 is 37.7 Å². The quantitative estimate of drug-likeness (QED) is 0.0660. The van der Waals surface area contributed by atoms with Gasteiger partial charge in [-0.1, -0.05) is 0 Å². The fraction of sp³-hybridized carbons (Fsp3) is 0.265. The molecule has 2 bridgehead atoms. The van der Waals surface area contributed by atoms with Gasteiger partial charge in [0.05, 0.1) is 23.6 Å². The van der Waals surface area contributed by atoms with E-state index in [1.165, 1.54) is 12.2 Å². The topological polar surface area (TPSA) is 111 Å². The second-order valence-corrected chi connectivity index (χ2v) is 10.3. The molecule has 1 aromatic heterocycles. The summed E-state index contributed by atoms with van der Waals surface area (Å²) in [4.78, 5) is 27.0. The summed E-state index contributed by atoms with van der Waals surface area (Å²) in [6.07, 6.45) is 12.9. The number of piperidine rings is 1. The molecule has 224 valence electrons. The van der Waals surface area contributed by atoms with E-state index in [9.17, 15) is 4.79 Å². The number of ketones is 1. The SMILES string of the molecule is [CH-]=C/C(=C\[C-]=NC=[N-])Oc1ccc(Nc2ncnc3cc4c(cc23)N2CCC(CCC(=O)/C=C/[CH2-])C(CO4)C2)cc1C.[CH3-].[Li+].[Li+]. The van der Waals surface area contributed by atoms with Crippen LogP contribution in [0.25, 0.3) is 16.3 Å². The molecular weight excluding hydrogens is 554 g/mol. The zero-order valence-electron chi connectivity index (χ0n) is 26.5. The molecule has 2 aliphatic heterocycles. The van der Waals surface area contributed by atoms with E-state index in [2.05, 4.69) is 44.4 Å². The summed E-state index contributed by atoms with van der Waals surface area (Å²) in [6, 6.07) is 9.78. The number of allylic oxidation sites excluding steroid dienone is 4. The van der Waals surface area contributed by atoms with Crippen molar-refractivity contribution in [1.29, 1.82) is 0 Å². The van der Waals surface area contributed by atoms with Crippen molar-refractivity contribution in [3.05, 3.63) is 98.6 Å². The molecule has 5 rings (SSSR count). The summed E-state index contributed by atoms with van der Waals surface area (Å²) in [6.45, 7) is 13.6. The third-order valence-electron chi connectivity index (χ3n) is 7.64. The predicted molar refractivity (Wildman–Crippen MR) is 173 cm³/mol. The van der Waals surface area contributed by atoms with Crippen LogP contribution in [-0.2, 0) is 4.79 Å². The second-order valence-electron chi connectivity index (χ2n) is 10.3. The number of aromatic nitrogens is 2. The average Bonchev–Trinajstić information content (AvgIpc) is 3.13. The van der Waals surface area contributed by atoms with Crippen LogP contribution in [0.4, 0.5) is 17.2 Å². The van der Waals surface area contributed by atoms with Gasteiger partial charge in [-0.25, -0.2) is 35.5 Å². The number of hydrogen-bond acceptors (Lipinski definition) is 7. The minimum absolute atomic E-state index is 0. The normalized spacial score (nSPS) is 17.2. The largest absolute Gasteiger partial charge is 1.00 e. The summed E-state index contributed by atoms with van der Waals surface area (Å²) in [5.74, 6) is 3.38. The van der Waals surface area contributed by atoms with Gasteiger partial charge in [-0.05, 0) is 61.9 Å². The van der Waals surface area contributed by atoms with E-state index < -0.39 is 0 Å².